The quantitative estimate of drug-likeness (QED) is 0.433. The van der Waals surface area contributed by atoms with Gasteiger partial charge in [0, 0.05) is 12.3 Å². The van der Waals surface area contributed by atoms with Crippen LogP contribution < -0.4 is 15.8 Å². The zero-order valence-corrected chi connectivity index (χ0v) is 14.2. The number of sulfonamides is 1. The van der Waals surface area contributed by atoms with Crippen molar-refractivity contribution in [2.45, 2.75) is 4.90 Å². The lowest BCUT2D eigenvalue weighted by atomic mass is 10.3. The number of nitro groups is 1. The highest BCUT2D eigenvalue weighted by molar-refractivity contribution is 7.90. The van der Waals surface area contributed by atoms with Crippen LogP contribution in [0.25, 0.3) is 11.0 Å². The van der Waals surface area contributed by atoms with E-state index in [1.54, 1.807) is 16.9 Å². The van der Waals surface area contributed by atoms with Gasteiger partial charge in [0.05, 0.1) is 10.3 Å². The summed E-state index contributed by atoms with van der Waals surface area (Å²) in [4.78, 5) is 33.2. The van der Waals surface area contributed by atoms with Gasteiger partial charge in [-0.25, -0.2) is 22.9 Å². The van der Waals surface area contributed by atoms with Crippen LogP contribution in [0, 0.1) is 10.1 Å². The van der Waals surface area contributed by atoms with Gasteiger partial charge in [0.25, 0.3) is 15.7 Å². The Hall–Kier alpha value is -3.87. The lowest BCUT2D eigenvalue weighted by Crippen LogP contribution is -2.35. The number of nitro benzene ring substituents is 1. The predicted octanol–water partition coefficient (Wildman–Crippen LogP) is 1.03. The second-order valence-electron chi connectivity index (χ2n) is 5.09. The second kappa shape index (κ2) is 6.80. The number of hydrogen-bond donors (Lipinski definition) is 3. The van der Waals surface area contributed by atoms with Crippen molar-refractivity contribution in [2.75, 3.05) is 11.1 Å². The molecule has 4 N–H and O–H groups in total. The Morgan fingerprint density at radius 2 is 1.89 bits per heavy atom. The molecule has 0 aliphatic carbocycles. The van der Waals surface area contributed by atoms with E-state index in [9.17, 15) is 23.3 Å². The Labute approximate surface area is 151 Å². The molecule has 0 radical (unpaired) electrons. The number of para-hydroxylation sites is 1. The summed E-state index contributed by atoms with van der Waals surface area (Å²) in [6.07, 6.45) is 1.46. The topological polar surface area (TPSA) is 183 Å². The molecule has 2 aromatic heterocycles. The Morgan fingerprint density at radius 1 is 1.15 bits per heavy atom. The molecule has 3 rings (SSSR count). The molecule has 12 nitrogen and oxygen atoms in total. The number of amides is 2. The van der Waals surface area contributed by atoms with Crippen molar-refractivity contribution in [1.82, 2.24) is 19.7 Å². The molecule has 0 saturated carbocycles. The molecule has 13 heteroatoms. The lowest BCUT2D eigenvalue weighted by molar-refractivity contribution is -0.387. The molecule has 2 heterocycles. The summed E-state index contributed by atoms with van der Waals surface area (Å²) >= 11 is 0. The molecule has 2 amide bonds. The van der Waals surface area contributed by atoms with Crippen LogP contribution in [0.5, 0.6) is 0 Å². The van der Waals surface area contributed by atoms with E-state index < -0.39 is 31.6 Å². The van der Waals surface area contributed by atoms with E-state index in [-0.39, 0.29) is 17.4 Å². The van der Waals surface area contributed by atoms with Gasteiger partial charge in [-0.3, -0.25) is 15.4 Å². The van der Waals surface area contributed by atoms with Crippen LogP contribution in [-0.4, -0.2) is 34.3 Å². The fraction of sp³-hybridized carbons (Fsp3) is 0. The van der Waals surface area contributed by atoms with Gasteiger partial charge in [-0.2, -0.15) is 9.97 Å². The number of urea groups is 1. The normalized spacial score (nSPS) is 11.1. The number of nitrogens with zero attached hydrogens (tertiary/aromatic N) is 4. The molecule has 0 atom stereocenters. The maximum absolute atomic E-state index is 12.3. The van der Waals surface area contributed by atoms with Crippen molar-refractivity contribution in [3.8, 4) is 0 Å². The number of nitrogen functional groups attached to an aromatic ring is 1. The minimum absolute atomic E-state index is 0.0324. The molecule has 0 bridgehead atoms. The number of benzene rings is 1. The van der Waals surface area contributed by atoms with Crippen LogP contribution in [0.3, 0.4) is 0 Å². The highest BCUT2D eigenvalue weighted by Gasteiger charge is 2.27. The highest BCUT2D eigenvalue weighted by Crippen LogP contribution is 2.22. The number of aromatic nitrogens is 3. The van der Waals surface area contributed by atoms with E-state index in [2.05, 4.69) is 20.3 Å². The van der Waals surface area contributed by atoms with Gasteiger partial charge in [0.2, 0.25) is 5.95 Å². The molecule has 0 fully saturated rings. The van der Waals surface area contributed by atoms with Gasteiger partial charge in [-0.05, 0) is 18.2 Å². The summed E-state index contributed by atoms with van der Waals surface area (Å²) in [5, 5.41) is 13.5. The van der Waals surface area contributed by atoms with Gasteiger partial charge in [0.15, 0.2) is 10.5 Å². The molecule has 0 spiro atoms. The highest BCUT2D eigenvalue weighted by atomic mass is 32.2. The molecule has 138 valence electrons. The number of nitrogens with two attached hydrogens (primary N) is 1. The van der Waals surface area contributed by atoms with Gasteiger partial charge in [0.1, 0.15) is 5.82 Å². The zero-order valence-electron chi connectivity index (χ0n) is 13.4. The summed E-state index contributed by atoms with van der Waals surface area (Å²) in [5.41, 5.74) is 5.27. The smallest absolute Gasteiger partial charge is 0.335 e. The Kier molecular flexibility index (Phi) is 4.51. The SMILES string of the molecule is Nc1nc(NC(=O)NS(=O)(=O)c2ccccc2[N+](=O)[O-])nc2ncccc12. The number of hydrogen-bond acceptors (Lipinski definition) is 9. The number of pyridine rings is 1. The maximum Gasteiger partial charge on any atom is 0.335 e. The summed E-state index contributed by atoms with van der Waals surface area (Å²) < 4.78 is 26.2. The van der Waals surface area contributed by atoms with E-state index in [4.69, 9.17) is 5.73 Å². The standard InChI is InChI=1S/C14H11N7O5S/c15-11-8-4-3-7-16-12(8)18-13(17-11)19-14(22)20-27(25,26)10-6-2-1-5-9(10)21(23)24/h1-7H,(H4,15,16,17,18,19,20,22). The molecule has 3 aromatic rings. The van der Waals surface area contributed by atoms with Gasteiger partial charge < -0.3 is 5.73 Å². The average Bonchev–Trinajstić information content (AvgIpc) is 2.61. The lowest BCUT2D eigenvalue weighted by Gasteiger charge is -2.09. The van der Waals surface area contributed by atoms with E-state index in [0.717, 1.165) is 12.1 Å². The van der Waals surface area contributed by atoms with Crippen LogP contribution in [0.1, 0.15) is 0 Å². The predicted molar refractivity (Wildman–Crippen MR) is 94.2 cm³/mol. The maximum atomic E-state index is 12.3. The number of nitrogens with one attached hydrogen (secondary N) is 2. The molecule has 27 heavy (non-hydrogen) atoms. The average molecular weight is 389 g/mol. The van der Waals surface area contributed by atoms with Crippen molar-refractivity contribution in [2.24, 2.45) is 0 Å². The molecular formula is C14H11N7O5S. The van der Waals surface area contributed by atoms with Crippen LogP contribution in [0.2, 0.25) is 0 Å². The Bertz CT molecular complexity index is 1170. The molecule has 0 saturated heterocycles. The van der Waals surface area contributed by atoms with Crippen LogP contribution in [0.4, 0.5) is 22.2 Å². The second-order valence-corrected chi connectivity index (χ2v) is 6.74. The number of rotatable bonds is 4. The number of carbonyl (C=O) groups is 1. The molecule has 0 aliphatic heterocycles. The van der Waals surface area contributed by atoms with E-state index >= 15 is 0 Å². The molecular weight excluding hydrogens is 378 g/mol. The number of carbonyl (C=O) groups excluding carboxylic acids is 1. The van der Waals surface area contributed by atoms with Crippen molar-refractivity contribution >= 4 is 44.5 Å². The Morgan fingerprint density at radius 3 is 2.63 bits per heavy atom. The first-order chi connectivity index (χ1) is 12.8. The van der Waals surface area contributed by atoms with Crippen molar-refractivity contribution in [3.63, 3.8) is 0 Å². The van der Waals surface area contributed by atoms with Gasteiger partial charge in [-0.1, -0.05) is 12.1 Å². The molecule has 0 aliphatic rings. The zero-order chi connectivity index (χ0) is 19.6. The van der Waals surface area contributed by atoms with Crippen LogP contribution in [0.15, 0.2) is 47.5 Å². The molecule has 1 aromatic carbocycles. The third kappa shape index (κ3) is 3.72. The first-order valence-corrected chi connectivity index (χ1v) is 8.72. The summed E-state index contributed by atoms with van der Waals surface area (Å²) in [7, 11) is -4.51. The Balaban J connectivity index is 1.85. The van der Waals surface area contributed by atoms with Crippen LogP contribution >= 0.6 is 0 Å². The van der Waals surface area contributed by atoms with Crippen molar-refractivity contribution in [1.29, 1.82) is 0 Å². The van der Waals surface area contributed by atoms with Gasteiger partial charge in [-0.15, -0.1) is 0 Å². The third-order valence-electron chi connectivity index (χ3n) is 3.30. The van der Waals surface area contributed by atoms with Gasteiger partial charge >= 0.3 is 6.03 Å². The summed E-state index contributed by atoms with van der Waals surface area (Å²) in [6.45, 7) is 0. The van der Waals surface area contributed by atoms with Crippen molar-refractivity contribution < 1.29 is 18.1 Å². The monoisotopic (exact) mass is 389 g/mol. The fourth-order valence-electron chi connectivity index (χ4n) is 2.18. The first kappa shape index (κ1) is 17.9. The minimum atomic E-state index is -4.51. The fourth-order valence-corrected chi connectivity index (χ4v) is 3.26. The van der Waals surface area contributed by atoms with Crippen LogP contribution in [-0.2, 0) is 10.0 Å². The minimum Gasteiger partial charge on any atom is -0.383 e. The van der Waals surface area contributed by atoms with E-state index in [1.165, 1.54) is 18.3 Å². The van der Waals surface area contributed by atoms with E-state index in [0.29, 0.717) is 5.39 Å². The number of fused-ring (bicyclic) bond motifs is 1. The molecule has 0 unspecified atom stereocenters. The summed E-state index contributed by atoms with van der Waals surface area (Å²) in [5.74, 6) is -0.251. The summed E-state index contributed by atoms with van der Waals surface area (Å²) in [6, 6.07) is 6.63. The third-order valence-corrected chi connectivity index (χ3v) is 4.68. The van der Waals surface area contributed by atoms with Crippen molar-refractivity contribution in [3.05, 3.63) is 52.7 Å². The van der Waals surface area contributed by atoms with E-state index in [1.807, 2.05) is 0 Å². The number of anilines is 2. The largest absolute Gasteiger partial charge is 0.383 e. The first-order valence-electron chi connectivity index (χ1n) is 7.23.